The van der Waals surface area contributed by atoms with Crippen LogP contribution in [0.1, 0.15) is 42.0 Å². The molecule has 146 valence electrons. The maximum absolute atomic E-state index is 8.55. The van der Waals surface area contributed by atoms with Gasteiger partial charge in [0.2, 0.25) is 0 Å². The van der Waals surface area contributed by atoms with Gasteiger partial charge in [0.05, 0.1) is 13.7 Å². The van der Waals surface area contributed by atoms with Gasteiger partial charge in [0.25, 0.3) is 0 Å². The first-order valence-corrected chi connectivity index (χ1v) is 10.4. The number of aromatic nitrogens is 1. The van der Waals surface area contributed by atoms with E-state index in [0.29, 0.717) is 5.92 Å². The first kappa shape index (κ1) is 16.5. The predicted octanol–water partition coefficient (Wildman–Crippen LogP) is 4.78. The van der Waals surface area contributed by atoms with Crippen molar-refractivity contribution in [2.75, 3.05) is 20.3 Å². The third-order valence-electron chi connectivity index (χ3n) is 6.05. The normalized spacial score (nSPS) is 20.0. The number of H-pyrrole nitrogens is 1. The molecule has 0 spiro atoms. The number of methoxy groups -OCH3 is 1. The number of nitrogens with one attached hydrogen (secondary N) is 2. The fourth-order valence-electron chi connectivity index (χ4n) is 4.23. The van der Waals surface area contributed by atoms with Crippen LogP contribution in [0.3, 0.4) is 0 Å². The number of ether oxygens (including phenoxy) is 2. The molecule has 1 saturated carbocycles. The van der Waals surface area contributed by atoms with Crippen LogP contribution in [0.4, 0.5) is 0 Å². The number of fused-ring (bicyclic) bond motifs is 2. The van der Waals surface area contributed by atoms with Crippen molar-refractivity contribution in [2.45, 2.75) is 38.1 Å². The Bertz CT molecular complexity index is 1010. The zero-order chi connectivity index (χ0) is 19.8. The number of aromatic amines is 1. The Morgan fingerprint density at radius 3 is 2.93 bits per heavy atom. The van der Waals surface area contributed by atoms with E-state index in [2.05, 4.69) is 47.6 Å². The first-order chi connectivity index (χ1) is 14.2. The first-order valence-electron chi connectivity index (χ1n) is 10.8. The molecule has 1 fully saturated rings. The lowest BCUT2D eigenvalue weighted by Crippen LogP contribution is -2.30. The van der Waals surface area contributed by atoms with Gasteiger partial charge in [-0.2, -0.15) is 0 Å². The summed E-state index contributed by atoms with van der Waals surface area (Å²) in [5.74, 6) is 2.34. The third-order valence-corrected chi connectivity index (χ3v) is 6.05. The second kappa shape index (κ2) is 7.51. The molecule has 0 bridgehead atoms. The van der Waals surface area contributed by atoms with E-state index in [1.807, 2.05) is 0 Å². The summed E-state index contributed by atoms with van der Waals surface area (Å²) in [4.78, 5) is 3.37. The Morgan fingerprint density at radius 2 is 2.07 bits per heavy atom. The van der Waals surface area contributed by atoms with Crippen LogP contribution in [0.2, 0.25) is 1.41 Å². The van der Waals surface area contributed by atoms with Crippen LogP contribution >= 0.6 is 0 Å². The summed E-state index contributed by atoms with van der Waals surface area (Å²) in [7, 11) is 1.71. The van der Waals surface area contributed by atoms with Gasteiger partial charge in [-0.3, -0.25) is 0 Å². The Hall–Kier alpha value is -2.46. The zero-order valence-corrected chi connectivity index (χ0v) is 16.4. The number of benzene rings is 2. The highest BCUT2D eigenvalue weighted by Gasteiger charge is 2.25. The van der Waals surface area contributed by atoms with Gasteiger partial charge < -0.3 is 19.8 Å². The third kappa shape index (κ3) is 3.49. The molecule has 3 aromatic rings. The molecule has 1 aliphatic heterocycles. The molecule has 1 aliphatic carbocycles. The molecule has 0 radical (unpaired) electrons. The van der Waals surface area contributed by atoms with Crippen LogP contribution in [0.25, 0.3) is 10.9 Å². The van der Waals surface area contributed by atoms with Crippen molar-refractivity contribution in [3.63, 3.8) is 0 Å². The molecule has 2 aliphatic rings. The highest BCUT2D eigenvalue weighted by atomic mass is 16.5. The molecule has 1 aromatic heterocycles. The Labute approximate surface area is 167 Å². The highest BCUT2D eigenvalue weighted by Crippen LogP contribution is 2.38. The lowest BCUT2D eigenvalue weighted by Gasteiger charge is -2.28. The topological polar surface area (TPSA) is 46.3 Å². The number of para-hydroxylation sites is 1. The molecule has 4 heteroatoms. The second-order valence-corrected chi connectivity index (χ2v) is 8.03. The average molecular weight is 378 g/mol. The van der Waals surface area contributed by atoms with Crippen molar-refractivity contribution in [2.24, 2.45) is 5.92 Å². The van der Waals surface area contributed by atoms with Gasteiger partial charge in [0.15, 0.2) is 11.5 Å². The molecule has 2 heterocycles. The smallest absolute Gasteiger partial charge is 0.161 e. The van der Waals surface area contributed by atoms with Crippen LogP contribution in [0, 0.1) is 5.92 Å². The molecule has 0 amide bonds. The van der Waals surface area contributed by atoms with Gasteiger partial charge in [-0.1, -0.05) is 18.2 Å². The Morgan fingerprint density at radius 1 is 1.18 bits per heavy atom. The lowest BCUT2D eigenvalue weighted by atomic mass is 9.90. The van der Waals surface area contributed by atoms with Gasteiger partial charge in [-0.25, -0.2) is 0 Å². The van der Waals surface area contributed by atoms with Crippen molar-refractivity contribution in [1.82, 2.24) is 10.3 Å². The van der Waals surface area contributed by atoms with Crippen molar-refractivity contribution >= 4 is 10.9 Å². The van der Waals surface area contributed by atoms with E-state index in [0.717, 1.165) is 43.9 Å². The van der Waals surface area contributed by atoms with Crippen LogP contribution in [-0.4, -0.2) is 25.2 Å². The summed E-state index contributed by atoms with van der Waals surface area (Å²) >= 11 is 0. The van der Waals surface area contributed by atoms with Gasteiger partial charge in [0.1, 0.15) is 1.41 Å². The molecule has 2 aromatic carbocycles. The van der Waals surface area contributed by atoms with Gasteiger partial charge >= 0.3 is 0 Å². The van der Waals surface area contributed by atoms with Gasteiger partial charge in [-0.15, -0.1) is 0 Å². The fourth-order valence-corrected chi connectivity index (χ4v) is 4.23. The number of rotatable bonds is 7. The summed E-state index contributed by atoms with van der Waals surface area (Å²) in [5, 5.41) is 3.03. The number of hydrogen-bond donors (Lipinski definition) is 2. The number of hydrogen-bond acceptors (Lipinski definition) is 3. The monoisotopic (exact) mass is 377 g/mol. The molecule has 0 saturated heterocycles. The summed E-state index contributed by atoms with van der Waals surface area (Å²) < 4.78 is 20.3. The van der Waals surface area contributed by atoms with Crippen molar-refractivity contribution < 1.29 is 10.9 Å². The molecule has 0 unspecified atom stereocenters. The summed E-state index contributed by atoms with van der Waals surface area (Å²) in [6.45, 7) is 1.51. The number of aryl methyl sites for hydroxylation is 1. The van der Waals surface area contributed by atoms with E-state index >= 15 is 0 Å². The molecule has 2 N–H and O–H groups in total. The lowest BCUT2D eigenvalue weighted by molar-refractivity contribution is 0.279. The average Bonchev–Trinajstić information content (AvgIpc) is 3.49. The van der Waals surface area contributed by atoms with Crippen molar-refractivity contribution in [3.8, 4) is 11.5 Å². The SMILES string of the molecule is [2H]N1CCc2cc(OC)c(OCC3CC3)cc2[C@H]1CCc1c[nH]c2ccccc12. The molecule has 1 atom stereocenters. The van der Waals surface area contributed by atoms with Gasteiger partial charge in [0, 0.05) is 23.1 Å². The molecular formula is C24H28N2O2. The summed E-state index contributed by atoms with van der Waals surface area (Å²) in [6.07, 6.45) is 7.37. The van der Waals surface area contributed by atoms with E-state index in [-0.39, 0.29) is 6.04 Å². The van der Waals surface area contributed by atoms with Crippen LogP contribution in [0.5, 0.6) is 11.5 Å². The minimum atomic E-state index is 0.0709. The summed E-state index contributed by atoms with van der Waals surface area (Å²) in [6, 6.07) is 12.8. The minimum absolute atomic E-state index is 0.0709. The van der Waals surface area contributed by atoms with E-state index in [9.17, 15) is 0 Å². The largest absolute Gasteiger partial charge is 0.493 e. The standard InChI is InChI=1S/C24H28N2O2/c1-27-23-12-17-10-11-25-22(20(17)13-24(23)28-15-16-6-7-16)9-8-18-14-26-21-5-3-2-4-19(18)21/h2-5,12-14,16,22,25-26H,6-11,15H2,1H3/t22-/m1/s1/i/hD. The summed E-state index contributed by atoms with van der Waals surface area (Å²) in [5.41, 5.74) is 5.00. The van der Waals surface area contributed by atoms with Crippen molar-refractivity contribution in [1.29, 1.82) is 0 Å². The Kier molecular flexibility index (Phi) is 4.43. The second-order valence-electron chi connectivity index (χ2n) is 8.03. The molecule has 5 rings (SSSR count). The fraction of sp³-hybridized carbons (Fsp3) is 0.417. The van der Waals surface area contributed by atoms with E-state index in [4.69, 9.17) is 10.9 Å². The van der Waals surface area contributed by atoms with Crippen molar-refractivity contribution in [3.05, 3.63) is 59.3 Å². The quantitative estimate of drug-likeness (QED) is 0.623. The van der Waals surface area contributed by atoms with Crippen LogP contribution in [0.15, 0.2) is 42.6 Å². The predicted molar refractivity (Wildman–Crippen MR) is 112 cm³/mol. The van der Waals surface area contributed by atoms with E-state index in [1.165, 1.54) is 40.4 Å². The van der Waals surface area contributed by atoms with Crippen LogP contribution in [-0.2, 0) is 12.8 Å². The van der Waals surface area contributed by atoms with Gasteiger partial charge in [-0.05, 0) is 79.5 Å². The molecule has 28 heavy (non-hydrogen) atoms. The minimum Gasteiger partial charge on any atom is -0.493 e. The molecule has 4 nitrogen and oxygen atoms in total. The highest BCUT2D eigenvalue weighted by molar-refractivity contribution is 5.83. The molecular weight excluding hydrogens is 348 g/mol. The maximum atomic E-state index is 8.55. The van der Waals surface area contributed by atoms with E-state index in [1.54, 1.807) is 12.4 Å². The zero-order valence-electron chi connectivity index (χ0n) is 17.4. The van der Waals surface area contributed by atoms with Crippen LogP contribution < -0.4 is 14.8 Å². The van der Waals surface area contributed by atoms with E-state index < -0.39 is 0 Å². The Balaban J connectivity index is 1.40. The maximum Gasteiger partial charge on any atom is 0.161 e.